The van der Waals surface area contributed by atoms with Crippen LogP contribution in [0.1, 0.15) is 11.1 Å². The molecule has 270 valence electrons. The molecular weight excluding hydrogens is 695 g/mol. The normalized spacial score (nSPS) is 11.3. The zero-order chi connectivity index (χ0) is 38.3. The number of hydrogen-bond donors (Lipinski definition) is 0. The Morgan fingerprint density at radius 2 is 0.930 bits per heavy atom. The first-order chi connectivity index (χ1) is 28.1. The van der Waals surface area contributed by atoms with Crippen LogP contribution < -0.4 is 4.90 Å². The number of fused-ring (bicyclic) bond motifs is 4. The number of para-hydroxylation sites is 1. The number of furan rings is 2. The highest BCUT2D eigenvalue weighted by Gasteiger charge is 2.24. The summed E-state index contributed by atoms with van der Waals surface area (Å²) in [5, 5.41) is 3.13. The first-order valence-electron chi connectivity index (χ1n) is 19.1. The second-order valence-corrected chi connectivity index (χ2v) is 14.2. The third-order valence-corrected chi connectivity index (χ3v) is 10.8. The zero-order valence-electron chi connectivity index (χ0n) is 31.2. The Labute approximate surface area is 331 Å². The minimum atomic E-state index is 0.782. The van der Waals surface area contributed by atoms with Crippen molar-refractivity contribution in [3.63, 3.8) is 0 Å². The summed E-state index contributed by atoms with van der Waals surface area (Å²) in [7, 11) is 0. The Bertz CT molecular complexity index is 2950. The average Bonchev–Trinajstić information content (AvgIpc) is 3.89. The van der Waals surface area contributed by atoms with Crippen LogP contribution in [0.5, 0.6) is 0 Å². The van der Waals surface area contributed by atoms with Crippen molar-refractivity contribution in [3.05, 3.63) is 212 Å². The van der Waals surface area contributed by atoms with Crippen LogP contribution in [-0.4, -0.2) is 0 Å². The van der Waals surface area contributed by atoms with E-state index in [1.807, 2.05) is 42.5 Å². The number of anilines is 3. The molecule has 10 rings (SSSR count). The molecule has 0 atom stereocenters. The van der Waals surface area contributed by atoms with E-state index < -0.39 is 0 Å². The predicted molar refractivity (Wildman–Crippen MR) is 240 cm³/mol. The lowest BCUT2D eigenvalue weighted by molar-refractivity contribution is 0.631. The van der Waals surface area contributed by atoms with Crippen molar-refractivity contribution in [2.45, 2.75) is 0 Å². The first-order valence-corrected chi connectivity index (χ1v) is 19.1. The highest BCUT2D eigenvalue weighted by atomic mass is 16.3. The van der Waals surface area contributed by atoms with E-state index >= 15 is 0 Å². The first kappa shape index (κ1) is 33.9. The minimum Gasteiger partial charge on any atom is -0.456 e. The number of benzene rings is 8. The summed E-state index contributed by atoms with van der Waals surface area (Å²) in [6.45, 7) is 8.55. The molecule has 0 unspecified atom stereocenters. The Balaban J connectivity index is 1.12. The van der Waals surface area contributed by atoms with Crippen LogP contribution in [0.2, 0.25) is 0 Å². The maximum atomic E-state index is 6.78. The van der Waals surface area contributed by atoms with Crippen LogP contribution >= 0.6 is 0 Å². The van der Waals surface area contributed by atoms with Crippen molar-refractivity contribution in [2.24, 2.45) is 0 Å². The monoisotopic (exact) mass is 731 g/mol. The van der Waals surface area contributed by atoms with Gasteiger partial charge in [0.05, 0.1) is 11.1 Å². The summed E-state index contributed by atoms with van der Waals surface area (Å²) in [4.78, 5) is 2.33. The van der Waals surface area contributed by atoms with Gasteiger partial charge in [-0.15, -0.1) is 0 Å². The van der Waals surface area contributed by atoms with Crippen molar-refractivity contribution >= 4 is 62.1 Å². The van der Waals surface area contributed by atoms with Crippen LogP contribution in [0.4, 0.5) is 17.1 Å². The van der Waals surface area contributed by atoms with Gasteiger partial charge in [0.15, 0.2) is 0 Å². The smallest absolute Gasteiger partial charge is 0.138 e. The zero-order valence-corrected chi connectivity index (χ0v) is 31.2. The van der Waals surface area contributed by atoms with E-state index in [0.29, 0.717) is 0 Å². The van der Waals surface area contributed by atoms with Gasteiger partial charge in [0.2, 0.25) is 0 Å². The van der Waals surface area contributed by atoms with Crippen LogP contribution in [0, 0.1) is 0 Å². The Hall–Kier alpha value is -7.62. The van der Waals surface area contributed by atoms with Crippen molar-refractivity contribution in [1.29, 1.82) is 0 Å². The van der Waals surface area contributed by atoms with E-state index in [-0.39, 0.29) is 0 Å². The van der Waals surface area contributed by atoms with Gasteiger partial charge >= 0.3 is 0 Å². The number of nitrogens with zero attached hydrogens (tertiary/aromatic N) is 1. The molecule has 0 N–H and O–H groups in total. The van der Waals surface area contributed by atoms with Crippen LogP contribution in [0.3, 0.4) is 0 Å². The van der Waals surface area contributed by atoms with Gasteiger partial charge in [-0.1, -0.05) is 159 Å². The molecule has 0 spiro atoms. The molecule has 8 aromatic carbocycles. The van der Waals surface area contributed by atoms with Crippen LogP contribution in [0.25, 0.3) is 89.8 Å². The standard InChI is InChI=1S/C54H37NO2/c1-3-36-33-52-53(48-32-27-43(34-51(48)57-52)41-19-21-42(22-20-41)50-35-44-17-11-12-18-49(44)56-50)54(47(36)4-2)55(45-28-23-39(24-29-45)37-13-7-5-8-14-37)46-30-25-40(26-31-46)38-15-9-6-10-16-38/h3-35H,1-2H2. The Morgan fingerprint density at radius 1 is 0.404 bits per heavy atom. The molecule has 2 heterocycles. The van der Waals surface area contributed by atoms with E-state index in [4.69, 9.17) is 8.83 Å². The minimum absolute atomic E-state index is 0.782. The van der Waals surface area contributed by atoms with Gasteiger partial charge in [-0.05, 0) is 93.5 Å². The summed E-state index contributed by atoms with van der Waals surface area (Å²) in [5.74, 6) is 0.855. The van der Waals surface area contributed by atoms with Gasteiger partial charge in [0.1, 0.15) is 22.5 Å². The molecule has 0 aliphatic rings. The molecule has 0 radical (unpaired) electrons. The largest absolute Gasteiger partial charge is 0.456 e. The molecule has 3 nitrogen and oxygen atoms in total. The Kier molecular flexibility index (Phi) is 8.46. The summed E-state index contributed by atoms with van der Waals surface area (Å²) in [5.41, 5.74) is 15.3. The fourth-order valence-electron chi connectivity index (χ4n) is 7.97. The van der Waals surface area contributed by atoms with Gasteiger partial charge in [0, 0.05) is 33.3 Å². The van der Waals surface area contributed by atoms with Crippen LogP contribution in [-0.2, 0) is 0 Å². The van der Waals surface area contributed by atoms with Gasteiger partial charge in [-0.25, -0.2) is 0 Å². The third kappa shape index (κ3) is 6.12. The van der Waals surface area contributed by atoms with Gasteiger partial charge < -0.3 is 13.7 Å². The predicted octanol–water partition coefficient (Wildman–Crippen LogP) is 15.8. The highest BCUT2D eigenvalue weighted by Crippen LogP contribution is 2.48. The third-order valence-electron chi connectivity index (χ3n) is 10.8. The average molecular weight is 732 g/mol. The van der Waals surface area contributed by atoms with Crippen molar-refractivity contribution in [3.8, 4) is 44.7 Å². The quantitative estimate of drug-likeness (QED) is 0.148. The van der Waals surface area contributed by atoms with Crippen molar-refractivity contribution in [2.75, 3.05) is 4.90 Å². The van der Waals surface area contributed by atoms with Crippen LogP contribution in [0.15, 0.2) is 210 Å². The topological polar surface area (TPSA) is 29.5 Å². The molecule has 0 aliphatic heterocycles. The maximum absolute atomic E-state index is 6.78. The second-order valence-electron chi connectivity index (χ2n) is 14.2. The highest BCUT2D eigenvalue weighted by molar-refractivity contribution is 6.17. The van der Waals surface area contributed by atoms with E-state index in [9.17, 15) is 0 Å². The molecule has 0 saturated heterocycles. The molecule has 2 aromatic heterocycles. The lowest BCUT2D eigenvalue weighted by atomic mass is 9.96. The van der Waals surface area contributed by atoms with Crippen molar-refractivity contribution in [1.82, 2.24) is 0 Å². The summed E-state index contributed by atoms with van der Waals surface area (Å²) < 4.78 is 12.9. The summed E-state index contributed by atoms with van der Waals surface area (Å²) >= 11 is 0. The lowest BCUT2D eigenvalue weighted by Crippen LogP contribution is -2.12. The molecule has 57 heavy (non-hydrogen) atoms. The van der Waals surface area contributed by atoms with E-state index in [1.165, 1.54) is 11.1 Å². The van der Waals surface area contributed by atoms with Gasteiger partial charge in [-0.2, -0.15) is 0 Å². The Morgan fingerprint density at radius 3 is 1.53 bits per heavy atom. The molecule has 0 amide bonds. The van der Waals surface area contributed by atoms with E-state index in [1.54, 1.807) is 0 Å². The molecule has 3 heteroatoms. The second kappa shape index (κ2) is 14.2. The molecule has 0 fully saturated rings. The number of rotatable bonds is 9. The van der Waals surface area contributed by atoms with E-state index in [0.717, 1.165) is 94.7 Å². The van der Waals surface area contributed by atoms with E-state index in [2.05, 4.69) is 176 Å². The SMILES string of the molecule is C=Cc1cc2oc3cc(-c4ccc(-c5cc6ccccc6o5)cc4)ccc3c2c(N(c2ccc(-c3ccccc3)cc2)c2ccc(-c3ccccc3)cc2)c1C=C. The lowest BCUT2D eigenvalue weighted by Gasteiger charge is -2.29. The number of hydrogen-bond acceptors (Lipinski definition) is 3. The summed E-state index contributed by atoms with van der Waals surface area (Å²) in [6.07, 6.45) is 3.82. The fraction of sp³-hybridized carbons (Fsp3) is 0. The fourth-order valence-corrected chi connectivity index (χ4v) is 7.97. The van der Waals surface area contributed by atoms with Gasteiger partial charge in [0.25, 0.3) is 0 Å². The molecule has 10 aromatic rings. The maximum Gasteiger partial charge on any atom is 0.138 e. The molecular formula is C54H37NO2. The van der Waals surface area contributed by atoms with Crippen molar-refractivity contribution < 1.29 is 8.83 Å². The molecule has 0 aliphatic carbocycles. The molecule has 0 saturated carbocycles. The summed E-state index contributed by atoms with van der Waals surface area (Å²) in [6, 6.07) is 65.8. The molecule has 0 bridgehead atoms. The van der Waals surface area contributed by atoms with Gasteiger partial charge in [-0.3, -0.25) is 0 Å².